The summed E-state index contributed by atoms with van der Waals surface area (Å²) >= 11 is 1.49. The fourth-order valence-corrected chi connectivity index (χ4v) is 2.33. The summed E-state index contributed by atoms with van der Waals surface area (Å²) in [4.78, 5) is 36.0. The summed E-state index contributed by atoms with van der Waals surface area (Å²) in [6.45, 7) is 2.19. The predicted molar refractivity (Wildman–Crippen MR) is 75.5 cm³/mol. The van der Waals surface area contributed by atoms with Gasteiger partial charge in [-0.1, -0.05) is 6.07 Å². The van der Waals surface area contributed by atoms with Crippen LogP contribution in [0.2, 0.25) is 0 Å². The molecule has 0 saturated carbocycles. The molecule has 6 nitrogen and oxygen atoms in total. The lowest BCUT2D eigenvalue weighted by atomic mass is 10.3. The van der Waals surface area contributed by atoms with E-state index >= 15 is 0 Å². The first-order valence-electron chi connectivity index (χ1n) is 6.25. The fraction of sp³-hybridized carbons (Fsp3) is 0.462. The third-order valence-corrected chi connectivity index (χ3v) is 3.49. The Hall–Kier alpha value is -1.89. The third-order valence-electron chi connectivity index (χ3n) is 2.61. The zero-order valence-electron chi connectivity index (χ0n) is 11.3. The van der Waals surface area contributed by atoms with Crippen LogP contribution < -0.4 is 5.32 Å². The molecule has 2 amide bonds. The zero-order valence-corrected chi connectivity index (χ0v) is 12.1. The molecule has 1 aromatic rings. The number of carbonyl (C=O) groups excluding carboxylic acids is 2. The van der Waals surface area contributed by atoms with Gasteiger partial charge in [-0.2, -0.15) is 0 Å². The van der Waals surface area contributed by atoms with Gasteiger partial charge in [-0.05, 0) is 11.4 Å². The van der Waals surface area contributed by atoms with Crippen molar-refractivity contribution in [2.24, 2.45) is 0 Å². The van der Waals surface area contributed by atoms with E-state index in [9.17, 15) is 14.4 Å². The molecular weight excluding hydrogens is 280 g/mol. The van der Waals surface area contributed by atoms with Crippen molar-refractivity contribution in [3.8, 4) is 0 Å². The van der Waals surface area contributed by atoms with E-state index in [-0.39, 0.29) is 31.2 Å². The number of carbonyl (C=O) groups is 3. The van der Waals surface area contributed by atoms with Gasteiger partial charge in [-0.25, -0.2) is 0 Å². The normalized spacial score (nSPS) is 10.1. The Balaban J connectivity index is 2.52. The molecule has 2 N–H and O–H groups in total. The van der Waals surface area contributed by atoms with Crippen LogP contribution in [-0.4, -0.2) is 47.4 Å². The summed E-state index contributed by atoms with van der Waals surface area (Å²) in [6.07, 6.45) is 0.160. The maximum atomic E-state index is 12.1. The number of nitrogens with one attached hydrogen (secondary N) is 1. The summed E-state index contributed by atoms with van der Waals surface area (Å²) in [7, 11) is 0. The number of hydrogen-bond acceptors (Lipinski definition) is 4. The number of nitrogens with zero attached hydrogens (tertiary/aromatic N) is 1. The number of carboxylic acid groups (broad SMARTS) is 1. The number of rotatable bonds is 8. The van der Waals surface area contributed by atoms with E-state index in [0.717, 1.165) is 4.88 Å². The number of amides is 2. The molecule has 0 bridgehead atoms. The monoisotopic (exact) mass is 298 g/mol. The van der Waals surface area contributed by atoms with Gasteiger partial charge in [0, 0.05) is 31.4 Å². The van der Waals surface area contributed by atoms with Gasteiger partial charge in [0.2, 0.25) is 11.8 Å². The summed E-state index contributed by atoms with van der Waals surface area (Å²) in [5.41, 5.74) is 0. The molecule has 1 heterocycles. The molecule has 7 heteroatoms. The molecule has 1 rings (SSSR count). The second-order valence-corrected chi connectivity index (χ2v) is 5.30. The zero-order chi connectivity index (χ0) is 15.0. The standard InChI is InChI=1S/C13H18N2O4S/c1-10(16)14-5-7-15(6-4-13(18)19)12(17)9-11-3-2-8-20-11/h2-3,8H,4-7,9H2,1H3,(H,14,16)(H,18,19). The van der Waals surface area contributed by atoms with Crippen LogP contribution in [0, 0.1) is 0 Å². The Morgan fingerprint density at radius 1 is 1.35 bits per heavy atom. The van der Waals surface area contributed by atoms with Crippen LogP contribution in [0.3, 0.4) is 0 Å². The Kier molecular flexibility index (Phi) is 6.72. The molecule has 0 aliphatic heterocycles. The lowest BCUT2D eigenvalue weighted by Gasteiger charge is -2.22. The van der Waals surface area contributed by atoms with Crippen molar-refractivity contribution >= 4 is 29.1 Å². The van der Waals surface area contributed by atoms with Crippen LogP contribution in [0.5, 0.6) is 0 Å². The van der Waals surface area contributed by atoms with Crippen molar-refractivity contribution in [1.82, 2.24) is 10.2 Å². The molecule has 110 valence electrons. The molecule has 0 aromatic carbocycles. The molecule has 0 radical (unpaired) electrons. The molecule has 0 unspecified atom stereocenters. The highest BCUT2D eigenvalue weighted by atomic mass is 32.1. The summed E-state index contributed by atoms with van der Waals surface area (Å²) in [5.74, 6) is -1.24. The highest BCUT2D eigenvalue weighted by Crippen LogP contribution is 2.10. The van der Waals surface area contributed by atoms with Gasteiger partial charge >= 0.3 is 5.97 Å². The highest BCUT2D eigenvalue weighted by molar-refractivity contribution is 7.10. The van der Waals surface area contributed by atoms with Gasteiger partial charge in [-0.15, -0.1) is 11.3 Å². The van der Waals surface area contributed by atoms with Crippen LogP contribution in [0.25, 0.3) is 0 Å². The van der Waals surface area contributed by atoms with Crippen LogP contribution in [-0.2, 0) is 20.8 Å². The second kappa shape index (κ2) is 8.31. The molecule has 0 spiro atoms. The predicted octanol–water partition coefficient (Wildman–Crippen LogP) is 0.730. The average Bonchev–Trinajstić information content (AvgIpc) is 2.85. The topological polar surface area (TPSA) is 86.7 Å². The molecule has 20 heavy (non-hydrogen) atoms. The van der Waals surface area contributed by atoms with E-state index in [2.05, 4.69) is 5.32 Å². The molecule has 0 saturated heterocycles. The summed E-state index contributed by atoms with van der Waals surface area (Å²) in [5, 5.41) is 13.2. The van der Waals surface area contributed by atoms with E-state index in [0.29, 0.717) is 13.1 Å². The highest BCUT2D eigenvalue weighted by Gasteiger charge is 2.15. The minimum atomic E-state index is -0.946. The van der Waals surface area contributed by atoms with Gasteiger partial charge in [0.05, 0.1) is 12.8 Å². The Labute approximate surface area is 121 Å². The Bertz CT molecular complexity index is 459. The van der Waals surface area contributed by atoms with Gasteiger partial charge in [0.25, 0.3) is 0 Å². The Morgan fingerprint density at radius 3 is 2.65 bits per heavy atom. The number of carboxylic acids is 1. The van der Waals surface area contributed by atoms with E-state index in [1.54, 1.807) is 0 Å². The Morgan fingerprint density at radius 2 is 2.10 bits per heavy atom. The van der Waals surface area contributed by atoms with Crippen molar-refractivity contribution in [1.29, 1.82) is 0 Å². The van der Waals surface area contributed by atoms with Crippen molar-refractivity contribution in [3.05, 3.63) is 22.4 Å². The molecule has 1 aromatic heterocycles. The number of hydrogen-bond donors (Lipinski definition) is 2. The van der Waals surface area contributed by atoms with Crippen molar-refractivity contribution in [2.75, 3.05) is 19.6 Å². The van der Waals surface area contributed by atoms with Crippen LogP contribution >= 0.6 is 11.3 Å². The fourth-order valence-electron chi connectivity index (χ4n) is 1.63. The van der Waals surface area contributed by atoms with Crippen molar-refractivity contribution in [3.63, 3.8) is 0 Å². The van der Waals surface area contributed by atoms with E-state index in [1.807, 2.05) is 17.5 Å². The maximum Gasteiger partial charge on any atom is 0.305 e. The van der Waals surface area contributed by atoms with E-state index in [4.69, 9.17) is 5.11 Å². The van der Waals surface area contributed by atoms with Crippen molar-refractivity contribution < 1.29 is 19.5 Å². The first kappa shape index (κ1) is 16.2. The van der Waals surface area contributed by atoms with Crippen LogP contribution in [0.15, 0.2) is 17.5 Å². The first-order valence-corrected chi connectivity index (χ1v) is 7.13. The molecule has 0 fully saturated rings. The molecule has 0 atom stereocenters. The maximum absolute atomic E-state index is 12.1. The average molecular weight is 298 g/mol. The van der Waals surface area contributed by atoms with Gasteiger partial charge in [0.1, 0.15) is 0 Å². The van der Waals surface area contributed by atoms with Crippen molar-refractivity contribution in [2.45, 2.75) is 19.8 Å². The second-order valence-electron chi connectivity index (χ2n) is 4.26. The first-order chi connectivity index (χ1) is 9.49. The van der Waals surface area contributed by atoms with E-state index in [1.165, 1.54) is 23.2 Å². The van der Waals surface area contributed by atoms with Gasteiger partial charge < -0.3 is 15.3 Å². The quantitative estimate of drug-likeness (QED) is 0.741. The summed E-state index contributed by atoms with van der Waals surface area (Å²) in [6, 6.07) is 3.73. The number of thiophene rings is 1. The van der Waals surface area contributed by atoms with Gasteiger partial charge in [-0.3, -0.25) is 14.4 Å². The smallest absolute Gasteiger partial charge is 0.305 e. The van der Waals surface area contributed by atoms with Crippen LogP contribution in [0.1, 0.15) is 18.2 Å². The molecule has 0 aliphatic carbocycles. The SMILES string of the molecule is CC(=O)NCCN(CCC(=O)O)C(=O)Cc1cccs1. The largest absolute Gasteiger partial charge is 0.481 e. The molecule has 0 aliphatic rings. The van der Waals surface area contributed by atoms with E-state index < -0.39 is 5.97 Å². The minimum Gasteiger partial charge on any atom is -0.481 e. The van der Waals surface area contributed by atoms with Crippen LogP contribution in [0.4, 0.5) is 0 Å². The minimum absolute atomic E-state index is 0.101. The van der Waals surface area contributed by atoms with Gasteiger partial charge in [0.15, 0.2) is 0 Å². The lowest BCUT2D eigenvalue weighted by Crippen LogP contribution is -2.39. The third kappa shape index (κ3) is 6.33. The summed E-state index contributed by atoms with van der Waals surface area (Å²) < 4.78 is 0. The molecular formula is C13H18N2O4S. The number of aliphatic carboxylic acids is 1. The lowest BCUT2D eigenvalue weighted by molar-refractivity contribution is -0.138.